The number of hydrogen-bond donors (Lipinski definition) is 2. The zero-order chi connectivity index (χ0) is 28.2. The lowest BCUT2D eigenvalue weighted by atomic mass is 10.1. The van der Waals surface area contributed by atoms with E-state index in [1.165, 1.54) is 67.8 Å². The van der Waals surface area contributed by atoms with E-state index >= 15 is 0 Å². The van der Waals surface area contributed by atoms with Crippen LogP contribution in [-0.4, -0.2) is 27.3 Å². The van der Waals surface area contributed by atoms with E-state index in [9.17, 15) is 31.2 Å². The van der Waals surface area contributed by atoms with Crippen LogP contribution in [0.1, 0.15) is 21.7 Å². The van der Waals surface area contributed by atoms with E-state index < -0.39 is 39.3 Å². The molecule has 0 aliphatic heterocycles. The highest BCUT2D eigenvalue weighted by Crippen LogP contribution is 2.38. The van der Waals surface area contributed by atoms with Crippen LogP contribution >= 0.6 is 0 Å². The summed E-state index contributed by atoms with van der Waals surface area (Å²) in [5.74, 6) is -2.93. The number of alkyl halides is 3. The number of amides is 2. The Bertz CT molecular complexity index is 1580. The molecule has 4 aromatic rings. The molecule has 202 valence electrons. The second kappa shape index (κ2) is 11.0. The Labute approximate surface area is 221 Å². The Morgan fingerprint density at radius 1 is 0.923 bits per heavy atom. The topological polar surface area (TPSA) is 115 Å². The van der Waals surface area contributed by atoms with Gasteiger partial charge in [-0.1, -0.05) is 30.3 Å². The van der Waals surface area contributed by atoms with Crippen molar-refractivity contribution in [2.45, 2.75) is 17.5 Å². The molecule has 0 unspecified atom stereocenters. The minimum Gasteiger partial charge on any atom is -0.497 e. The summed E-state index contributed by atoms with van der Waals surface area (Å²) in [5.41, 5.74) is 0.177. The molecule has 1 aromatic heterocycles. The van der Waals surface area contributed by atoms with Crippen LogP contribution in [0.25, 0.3) is 11.3 Å². The Morgan fingerprint density at radius 3 is 2.15 bits per heavy atom. The van der Waals surface area contributed by atoms with Crippen molar-refractivity contribution in [1.29, 1.82) is 0 Å². The first-order chi connectivity index (χ1) is 18.5. The molecule has 0 radical (unpaired) electrons. The lowest BCUT2D eigenvalue weighted by molar-refractivity contribution is -0.153. The van der Waals surface area contributed by atoms with Gasteiger partial charge in [0.25, 0.3) is 15.9 Å². The van der Waals surface area contributed by atoms with Gasteiger partial charge in [-0.3, -0.25) is 9.59 Å². The van der Waals surface area contributed by atoms with Gasteiger partial charge in [0, 0.05) is 11.3 Å². The molecule has 8 nitrogen and oxygen atoms in total. The summed E-state index contributed by atoms with van der Waals surface area (Å²) in [7, 11) is -2.59. The molecule has 0 fully saturated rings. The van der Waals surface area contributed by atoms with Crippen LogP contribution in [0, 0.1) is 0 Å². The number of ether oxygens (including phenoxy) is 1. The van der Waals surface area contributed by atoms with Crippen LogP contribution in [0.2, 0.25) is 0 Å². The van der Waals surface area contributed by atoms with Gasteiger partial charge in [-0.25, -0.2) is 13.1 Å². The van der Waals surface area contributed by atoms with E-state index in [0.29, 0.717) is 16.9 Å². The number of anilines is 1. The minimum atomic E-state index is -4.92. The molecule has 0 saturated carbocycles. The van der Waals surface area contributed by atoms with E-state index in [1.807, 2.05) is 4.72 Å². The zero-order valence-corrected chi connectivity index (χ0v) is 21.1. The molecule has 3 aromatic carbocycles. The van der Waals surface area contributed by atoms with Gasteiger partial charge in [-0.2, -0.15) is 13.2 Å². The fourth-order valence-corrected chi connectivity index (χ4v) is 4.61. The highest BCUT2D eigenvalue weighted by atomic mass is 32.2. The first kappa shape index (κ1) is 27.5. The number of benzene rings is 3. The molecule has 39 heavy (non-hydrogen) atoms. The number of furan rings is 1. The van der Waals surface area contributed by atoms with Gasteiger partial charge in [0.1, 0.15) is 11.5 Å². The Morgan fingerprint density at radius 2 is 1.56 bits per heavy atom. The van der Waals surface area contributed by atoms with Gasteiger partial charge >= 0.3 is 6.18 Å². The fraction of sp³-hybridized carbons (Fsp3) is 0.111. The molecule has 0 aliphatic rings. The van der Waals surface area contributed by atoms with Crippen molar-refractivity contribution in [3.8, 4) is 17.1 Å². The zero-order valence-electron chi connectivity index (χ0n) is 20.3. The lowest BCUT2D eigenvalue weighted by Crippen LogP contribution is -2.31. The maximum Gasteiger partial charge on any atom is 0.450 e. The van der Waals surface area contributed by atoms with Crippen molar-refractivity contribution >= 4 is 27.5 Å². The second-order valence-corrected chi connectivity index (χ2v) is 9.93. The predicted molar refractivity (Wildman–Crippen MR) is 136 cm³/mol. The van der Waals surface area contributed by atoms with E-state index in [4.69, 9.17) is 9.15 Å². The fourth-order valence-electron chi connectivity index (χ4n) is 3.60. The first-order valence-corrected chi connectivity index (χ1v) is 12.8. The average molecular weight is 559 g/mol. The van der Waals surface area contributed by atoms with Crippen molar-refractivity contribution in [2.24, 2.45) is 0 Å². The summed E-state index contributed by atoms with van der Waals surface area (Å²) >= 11 is 0. The molecule has 0 saturated heterocycles. The molecule has 0 bridgehead atoms. The van der Waals surface area contributed by atoms with E-state index in [2.05, 4.69) is 5.32 Å². The summed E-state index contributed by atoms with van der Waals surface area (Å²) < 4.78 is 77.5. The average Bonchev–Trinajstić information content (AvgIpc) is 3.37. The van der Waals surface area contributed by atoms with Crippen LogP contribution in [-0.2, 0) is 27.4 Å². The van der Waals surface area contributed by atoms with Crippen LogP contribution in [0.15, 0.2) is 94.2 Å². The number of carbonyl (C=O) groups excluding carboxylic acids is 2. The highest BCUT2D eigenvalue weighted by molar-refractivity contribution is 7.90. The third-order valence-electron chi connectivity index (χ3n) is 5.49. The maximum atomic E-state index is 13.6. The summed E-state index contributed by atoms with van der Waals surface area (Å²) in [6.07, 6.45) is -5.21. The smallest absolute Gasteiger partial charge is 0.450 e. The van der Waals surface area contributed by atoms with E-state index in [0.717, 1.165) is 6.07 Å². The number of halogens is 3. The number of methoxy groups -OCH3 is 1. The first-order valence-electron chi connectivity index (χ1n) is 11.3. The van der Waals surface area contributed by atoms with Crippen molar-refractivity contribution in [1.82, 2.24) is 4.72 Å². The molecule has 0 spiro atoms. The third kappa shape index (κ3) is 6.65. The van der Waals surface area contributed by atoms with Crippen LogP contribution < -0.4 is 14.8 Å². The molecular formula is C27H21F3N2O6S. The van der Waals surface area contributed by atoms with Gasteiger partial charge in [0.15, 0.2) is 0 Å². The Balaban J connectivity index is 1.46. The summed E-state index contributed by atoms with van der Waals surface area (Å²) in [5, 5.41) is 2.38. The number of nitrogens with one attached hydrogen (secondary N) is 2. The van der Waals surface area contributed by atoms with Gasteiger partial charge in [-0.15, -0.1) is 0 Å². The standard InChI is InChI=1S/C27H21F3N2O6S/c1-37-20-13-9-18(10-14-20)23-16-22(25(38-23)27(28,29)30)26(34)31-19-11-7-17(8-12-19)15-24(33)32-39(35,36)21-5-3-2-4-6-21/h2-14,16H,15H2,1H3,(H,31,34)(H,32,33). The van der Waals surface area contributed by atoms with Crippen molar-refractivity contribution in [3.63, 3.8) is 0 Å². The lowest BCUT2D eigenvalue weighted by Gasteiger charge is -2.09. The number of hydrogen-bond acceptors (Lipinski definition) is 6. The SMILES string of the molecule is COc1ccc(-c2cc(C(=O)Nc3ccc(CC(=O)NS(=O)(=O)c4ccccc4)cc3)c(C(F)(F)F)o2)cc1. The van der Waals surface area contributed by atoms with E-state index in [1.54, 1.807) is 18.2 Å². The van der Waals surface area contributed by atoms with Gasteiger partial charge in [0.2, 0.25) is 11.7 Å². The van der Waals surface area contributed by atoms with Crippen LogP contribution in [0.4, 0.5) is 18.9 Å². The molecule has 2 amide bonds. The summed E-state index contributed by atoms with van der Waals surface area (Å²) in [4.78, 5) is 24.9. The number of carbonyl (C=O) groups is 2. The molecule has 0 atom stereocenters. The van der Waals surface area contributed by atoms with Gasteiger partial charge in [0.05, 0.1) is 24.0 Å². The molecule has 12 heteroatoms. The van der Waals surface area contributed by atoms with E-state index in [-0.39, 0.29) is 22.8 Å². The maximum absolute atomic E-state index is 13.6. The summed E-state index contributed by atoms with van der Waals surface area (Å²) in [6.45, 7) is 0. The predicted octanol–water partition coefficient (Wildman–Crippen LogP) is 5.27. The van der Waals surface area contributed by atoms with Gasteiger partial charge < -0.3 is 14.5 Å². The second-order valence-electron chi connectivity index (χ2n) is 8.25. The summed E-state index contributed by atoms with van der Waals surface area (Å²) in [6, 6.07) is 20.1. The third-order valence-corrected chi connectivity index (χ3v) is 6.88. The van der Waals surface area contributed by atoms with Crippen molar-refractivity contribution in [2.75, 3.05) is 12.4 Å². The largest absolute Gasteiger partial charge is 0.497 e. The van der Waals surface area contributed by atoms with Crippen molar-refractivity contribution in [3.05, 3.63) is 102 Å². The Hall–Kier alpha value is -4.58. The molecule has 1 heterocycles. The van der Waals surface area contributed by atoms with Crippen molar-refractivity contribution < 1.29 is 40.3 Å². The quantitative estimate of drug-likeness (QED) is 0.304. The number of sulfonamides is 1. The molecule has 2 N–H and O–H groups in total. The van der Waals surface area contributed by atoms with Gasteiger partial charge in [-0.05, 0) is 60.2 Å². The normalized spacial score (nSPS) is 11.6. The van der Waals surface area contributed by atoms with Crippen LogP contribution in [0.5, 0.6) is 5.75 Å². The molecular weight excluding hydrogens is 537 g/mol. The Kier molecular flexibility index (Phi) is 7.77. The number of rotatable bonds is 8. The highest BCUT2D eigenvalue weighted by Gasteiger charge is 2.40. The molecule has 4 rings (SSSR count). The minimum absolute atomic E-state index is 0.0657. The molecule has 0 aliphatic carbocycles. The monoisotopic (exact) mass is 558 g/mol. The van der Waals surface area contributed by atoms with Crippen LogP contribution in [0.3, 0.4) is 0 Å².